The first-order valence-corrected chi connectivity index (χ1v) is 10.5. The van der Waals surface area contributed by atoms with Crippen molar-refractivity contribution in [3.05, 3.63) is 70.8 Å². The third-order valence-electron chi connectivity index (χ3n) is 7.15. The van der Waals surface area contributed by atoms with Gasteiger partial charge in [-0.15, -0.1) is 11.8 Å². The number of hydrogen-bond acceptors (Lipinski definition) is 2. The molecule has 0 radical (unpaired) electrons. The van der Waals surface area contributed by atoms with Crippen LogP contribution in [0, 0.1) is 0 Å². The van der Waals surface area contributed by atoms with Gasteiger partial charge in [0.2, 0.25) is 0 Å². The Hall–Kier alpha value is -2.35. The van der Waals surface area contributed by atoms with Gasteiger partial charge in [0.25, 0.3) is 0 Å². The van der Waals surface area contributed by atoms with Gasteiger partial charge < -0.3 is 5.32 Å². The van der Waals surface area contributed by atoms with Crippen molar-refractivity contribution in [2.24, 2.45) is 0 Å². The summed E-state index contributed by atoms with van der Waals surface area (Å²) in [4.78, 5) is 0.599. The average molecular weight is 451 g/mol. The van der Waals surface area contributed by atoms with E-state index in [9.17, 15) is 8.78 Å². The minimum atomic E-state index is -5.55. The molecule has 1 saturated carbocycles. The van der Waals surface area contributed by atoms with Crippen molar-refractivity contribution < 1.29 is 26.3 Å². The molecular weight excluding hydrogens is 436 g/mol. The lowest BCUT2D eigenvalue weighted by Gasteiger charge is -2.47. The van der Waals surface area contributed by atoms with E-state index in [0.717, 1.165) is 0 Å². The van der Waals surface area contributed by atoms with E-state index in [-0.39, 0.29) is 16.7 Å². The molecule has 2 aliphatic heterocycles. The van der Waals surface area contributed by atoms with Crippen LogP contribution in [0.3, 0.4) is 0 Å². The SMILES string of the molecule is C[C@]12Sc3ccccc3C1=C1C(=C3c4ccccc4N[C@]32C)C(F)(F)C(F)(F)C1(F)F. The van der Waals surface area contributed by atoms with Crippen LogP contribution in [0.15, 0.2) is 64.6 Å². The first-order valence-electron chi connectivity index (χ1n) is 9.70. The van der Waals surface area contributed by atoms with Crippen molar-refractivity contribution in [3.63, 3.8) is 0 Å². The van der Waals surface area contributed by atoms with Crippen molar-refractivity contribution in [1.29, 1.82) is 0 Å². The molecular formula is C23H15F6NS. The van der Waals surface area contributed by atoms with Crippen LogP contribution < -0.4 is 5.32 Å². The van der Waals surface area contributed by atoms with Gasteiger partial charge in [0.05, 0.1) is 10.3 Å². The summed E-state index contributed by atoms with van der Waals surface area (Å²) < 4.78 is 89.3. The Morgan fingerprint density at radius 3 is 1.90 bits per heavy atom. The second-order valence-corrected chi connectivity index (χ2v) is 10.1. The molecule has 0 bridgehead atoms. The Morgan fingerprint density at radius 1 is 0.677 bits per heavy atom. The standard InChI is InChI=1S/C23H15F6NS/c1-19-15(11-7-3-5-9-13(11)30-19)17-18(22(26,27)23(28,29)21(17,24)25)16-12-8-4-6-10-14(12)31-20(16,19)2/h3-10,30H,1-2H3/t19-,20+/m1/s1. The third-order valence-corrected chi connectivity index (χ3v) is 8.75. The zero-order valence-electron chi connectivity index (χ0n) is 16.3. The molecule has 0 amide bonds. The summed E-state index contributed by atoms with van der Waals surface area (Å²) in [6.45, 7) is 3.30. The number of alkyl halides is 6. The molecule has 1 fully saturated rings. The number of halogens is 6. The number of benzene rings is 2. The monoisotopic (exact) mass is 451 g/mol. The Morgan fingerprint density at radius 2 is 1.23 bits per heavy atom. The second-order valence-electron chi connectivity index (χ2n) is 8.65. The number of anilines is 1. The molecule has 2 aromatic carbocycles. The molecule has 2 aliphatic carbocycles. The number of rotatable bonds is 0. The second kappa shape index (κ2) is 5.17. The Balaban J connectivity index is 1.86. The predicted octanol–water partition coefficient (Wildman–Crippen LogP) is 6.88. The lowest BCUT2D eigenvalue weighted by Crippen LogP contribution is -2.54. The van der Waals surface area contributed by atoms with Gasteiger partial charge in [0.15, 0.2) is 0 Å². The largest absolute Gasteiger partial charge is 0.380 e. The van der Waals surface area contributed by atoms with E-state index < -0.39 is 39.2 Å². The number of para-hydroxylation sites is 1. The number of thioether (sulfide) groups is 1. The molecule has 31 heavy (non-hydrogen) atoms. The predicted molar refractivity (Wildman–Crippen MR) is 108 cm³/mol. The lowest BCUT2D eigenvalue weighted by molar-refractivity contribution is -0.257. The Labute approximate surface area is 178 Å². The number of fused-ring (bicyclic) bond motifs is 8. The molecule has 2 aromatic rings. The number of nitrogens with one attached hydrogen (secondary N) is 1. The first kappa shape index (κ1) is 19.3. The molecule has 2 atom stereocenters. The normalized spacial score (nSPS) is 32.8. The van der Waals surface area contributed by atoms with Crippen LogP contribution in [0.2, 0.25) is 0 Å². The maximum Gasteiger partial charge on any atom is 0.380 e. The van der Waals surface area contributed by atoms with Crippen LogP contribution in [0.4, 0.5) is 32.0 Å². The number of allylic oxidation sites excluding steroid dienone is 2. The molecule has 8 heteroatoms. The van der Waals surface area contributed by atoms with Gasteiger partial charge in [-0.1, -0.05) is 36.4 Å². The summed E-state index contributed by atoms with van der Waals surface area (Å²) in [5.74, 6) is -15.6. The van der Waals surface area contributed by atoms with Crippen molar-refractivity contribution in [1.82, 2.24) is 0 Å². The fraction of sp³-hybridized carbons (Fsp3) is 0.304. The van der Waals surface area contributed by atoms with Crippen LogP contribution in [-0.2, 0) is 0 Å². The van der Waals surface area contributed by atoms with Gasteiger partial charge in [-0.3, -0.25) is 0 Å². The van der Waals surface area contributed by atoms with Crippen LogP contribution in [0.25, 0.3) is 11.1 Å². The van der Waals surface area contributed by atoms with Gasteiger partial charge in [-0.25, -0.2) is 0 Å². The minimum absolute atomic E-state index is 0.142. The summed E-state index contributed by atoms with van der Waals surface area (Å²) in [6, 6.07) is 13.0. The van der Waals surface area contributed by atoms with Crippen molar-refractivity contribution in [2.45, 2.75) is 46.8 Å². The zero-order valence-corrected chi connectivity index (χ0v) is 17.1. The van der Waals surface area contributed by atoms with Crippen molar-refractivity contribution >= 4 is 28.6 Å². The molecule has 0 unspecified atom stereocenters. The van der Waals surface area contributed by atoms with E-state index in [4.69, 9.17) is 0 Å². The van der Waals surface area contributed by atoms with Gasteiger partial charge in [0.1, 0.15) is 0 Å². The molecule has 1 N–H and O–H groups in total. The van der Waals surface area contributed by atoms with Gasteiger partial charge in [-0.2, -0.15) is 26.3 Å². The van der Waals surface area contributed by atoms with Crippen LogP contribution in [-0.4, -0.2) is 28.1 Å². The van der Waals surface area contributed by atoms with Crippen molar-refractivity contribution in [2.75, 3.05) is 5.32 Å². The van der Waals surface area contributed by atoms with Gasteiger partial charge in [0, 0.05) is 27.3 Å². The van der Waals surface area contributed by atoms with E-state index in [1.54, 1.807) is 50.2 Å². The van der Waals surface area contributed by atoms with E-state index in [0.29, 0.717) is 16.1 Å². The van der Waals surface area contributed by atoms with E-state index >= 15 is 17.6 Å². The smallest absolute Gasteiger partial charge is 0.374 e. The summed E-state index contributed by atoms with van der Waals surface area (Å²) in [5, 5.41) is 3.23. The fourth-order valence-corrected chi connectivity index (χ4v) is 7.10. The fourth-order valence-electron chi connectivity index (χ4n) is 5.56. The summed E-state index contributed by atoms with van der Waals surface area (Å²) in [6.07, 6.45) is 0. The van der Waals surface area contributed by atoms with Gasteiger partial charge in [-0.05, 0) is 42.7 Å². The third kappa shape index (κ3) is 1.80. The number of hydrogen-bond donors (Lipinski definition) is 1. The summed E-state index contributed by atoms with van der Waals surface area (Å²) in [7, 11) is 0. The molecule has 160 valence electrons. The average Bonchev–Trinajstić information content (AvgIpc) is 3.21. The highest BCUT2D eigenvalue weighted by atomic mass is 32.2. The maximum atomic E-state index is 15.3. The molecule has 2 heterocycles. The lowest BCUT2D eigenvalue weighted by atomic mass is 9.65. The van der Waals surface area contributed by atoms with E-state index in [1.807, 2.05) is 0 Å². The van der Waals surface area contributed by atoms with E-state index in [2.05, 4.69) is 5.32 Å². The molecule has 1 nitrogen and oxygen atoms in total. The zero-order chi connectivity index (χ0) is 22.2. The first-order chi connectivity index (χ1) is 14.4. The topological polar surface area (TPSA) is 12.0 Å². The quantitative estimate of drug-likeness (QED) is 0.439. The molecule has 0 aromatic heterocycles. The minimum Gasteiger partial charge on any atom is -0.374 e. The molecule has 6 rings (SSSR count). The molecule has 0 spiro atoms. The van der Waals surface area contributed by atoms with Gasteiger partial charge >= 0.3 is 17.8 Å². The molecule has 0 saturated heterocycles. The molecule has 4 aliphatic rings. The van der Waals surface area contributed by atoms with Crippen LogP contribution in [0.5, 0.6) is 0 Å². The van der Waals surface area contributed by atoms with Crippen molar-refractivity contribution in [3.8, 4) is 0 Å². The summed E-state index contributed by atoms with van der Waals surface area (Å²) >= 11 is 1.24. The highest BCUT2D eigenvalue weighted by molar-refractivity contribution is 8.01. The summed E-state index contributed by atoms with van der Waals surface area (Å²) in [5.41, 5.74) is -3.09. The van der Waals surface area contributed by atoms with Crippen LogP contribution in [0.1, 0.15) is 25.0 Å². The highest BCUT2D eigenvalue weighted by Gasteiger charge is 2.84. The maximum absolute atomic E-state index is 15.3. The highest BCUT2D eigenvalue weighted by Crippen LogP contribution is 2.75. The Bertz CT molecular complexity index is 1170. The Kier molecular flexibility index (Phi) is 3.22. The van der Waals surface area contributed by atoms with Crippen LogP contribution >= 0.6 is 11.8 Å². The van der Waals surface area contributed by atoms with E-state index in [1.165, 1.54) is 23.9 Å².